The number of rotatable bonds is 6. The minimum absolute atomic E-state index is 0.129. The molecule has 0 radical (unpaired) electrons. The smallest absolute Gasteiger partial charge is 0.239 e. The maximum absolute atomic E-state index is 11.7. The maximum atomic E-state index is 11.7. The van der Waals surface area contributed by atoms with E-state index in [9.17, 15) is 4.79 Å². The lowest BCUT2D eigenvalue weighted by atomic mass is 10.1. The van der Waals surface area contributed by atoms with E-state index in [1.165, 1.54) is 7.11 Å². The largest absolute Gasteiger partial charge is 0.497 e. The first-order valence-electron chi connectivity index (χ1n) is 5.77. The van der Waals surface area contributed by atoms with Gasteiger partial charge in [0.2, 0.25) is 5.91 Å². The highest BCUT2D eigenvalue weighted by molar-refractivity contribution is 5.82. The number of hydrogen-bond donors (Lipinski definition) is 2. The Kier molecular flexibility index (Phi) is 5.61. The van der Waals surface area contributed by atoms with E-state index in [0.29, 0.717) is 0 Å². The molecule has 3 N–H and O–H groups in total. The van der Waals surface area contributed by atoms with Crippen molar-refractivity contribution < 1.29 is 14.3 Å². The Morgan fingerprint density at radius 1 is 1.44 bits per heavy atom. The van der Waals surface area contributed by atoms with Crippen molar-refractivity contribution in [3.8, 4) is 5.75 Å². The molecule has 18 heavy (non-hydrogen) atoms. The van der Waals surface area contributed by atoms with Crippen molar-refractivity contribution in [3.63, 3.8) is 0 Å². The standard InChI is InChI=1S/C13H20N2O3/c1-9(15-13(16)12(14)8-17-2)10-5-4-6-11(7-10)18-3/h4-7,9,12H,8,14H2,1-3H3,(H,15,16). The van der Waals surface area contributed by atoms with Crippen LogP contribution in [0.5, 0.6) is 5.75 Å². The van der Waals surface area contributed by atoms with Gasteiger partial charge in [-0.3, -0.25) is 4.79 Å². The predicted molar refractivity (Wildman–Crippen MR) is 69.4 cm³/mol. The molecule has 0 aliphatic carbocycles. The highest BCUT2D eigenvalue weighted by atomic mass is 16.5. The number of nitrogens with two attached hydrogens (primary N) is 1. The molecule has 0 spiro atoms. The first-order chi connectivity index (χ1) is 8.58. The molecule has 0 aromatic heterocycles. The molecule has 2 unspecified atom stereocenters. The van der Waals surface area contributed by atoms with E-state index >= 15 is 0 Å². The third-order valence-corrected chi connectivity index (χ3v) is 2.64. The van der Waals surface area contributed by atoms with E-state index in [0.717, 1.165) is 11.3 Å². The Balaban J connectivity index is 2.64. The Morgan fingerprint density at radius 3 is 2.78 bits per heavy atom. The topological polar surface area (TPSA) is 73.6 Å². The van der Waals surface area contributed by atoms with Crippen molar-refractivity contribution in [1.29, 1.82) is 0 Å². The molecule has 5 nitrogen and oxygen atoms in total. The Morgan fingerprint density at radius 2 is 2.17 bits per heavy atom. The maximum Gasteiger partial charge on any atom is 0.239 e. The summed E-state index contributed by atoms with van der Waals surface area (Å²) in [6.45, 7) is 2.10. The van der Waals surface area contributed by atoms with Crippen molar-refractivity contribution in [2.24, 2.45) is 5.73 Å². The molecule has 0 bridgehead atoms. The van der Waals surface area contributed by atoms with Gasteiger partial charge < -0.3 is 20.5 Å². The summed E-state index contributed by atoms with van der Waals surface area (Å²) >= 11 is 0. The molecule has 0 saturated heterocycles. The second-order valence-corrected chi connectivity index (χ2v) is 4.07. The molecule has 2 atom stereocenters. The summed E-state index contributed by atoms with van der Waals surface area (Å²) in [5.41, 5.74) is 6.61. The fraction of sp³-hybridized carbons (Fsp3) is 0.462. The molecule has 1 amide bonds. The Bertz CT molecular complexity index is 396. The van der Waals surface area contributed by atoms with E-state index in [1.54, 1.807) is 7.11 Å². The molecule has 0 aliphatic rings. The summed E-state index contributed by atoms with van der Waals surface area (Å²) < 4.78 is 9.98. The summed E-state index contributed by atoms with van der Waals surface area (Å²) in [7, 11) is 3.12. The lowest BCUT2D eigenvalue weighted by Gasteiger charge is -2.18. The van der Waals surface area contributed by atoms with Crippen LogP contribution in [0.25, 0.3) is 0 Å². The monoisotopic (exact) mass is 252 g/mol. The first-order valence-corrected chi connectivity index (χ1v) is 5.77. The molecule has 5 heteroatoms. The zero-order valence-electron chi connectivity index (χ0n) is 11.0. The van der Waals surface area contributed by atoms with Gasteiger partial charge in [-0.15, -0.1) is 0 Å². The summed E-state index contributed by atoms with van der Waals surface area (Å²) in [4.78, 5) is 11.7. The van der Waals surface area contributed by atoms with Gasteiger partial charge in [0.15, 0.2) is 0 Å². The number of carbonyl (C=O) groups is 1. The van der Waals surface area contributed by atoms with Crippen molar-refractivity contribution >= 4 is 5.91 Å². The number of hydrogen-bond acceptors (Lipinski definition) is 4. The van der Waals surface area contributed by atoms with Crippen LogP contribution in [0.4, 0.5) is 0 Å². The second kappa shape index (κ2) is 6.98. The first kappa shape index (κ1) is 14.5. The highest BCUT2D eigenvalue weighted by Gasteiger charge is 2.16. The molecule has 0 fully saturated rings. The predicted octanol–water partition coefficient (Wildman–Crippen LogP) is 0.846. The van der Waals surface area contributed by atoms with Crippen LogP contribution in [0, 0.1) is 0 Å². The minimum atomic E-state index is -0.650. The fourth-order valence-electron chi connectivity index (χ4n) is 1.57. The van der Waals surface area contributed by atoms with Crippen LogP contribution in [0.2, 0.25) is 0 Å². The highest BCUT2D eigenvalue weighted by Crippen LogP contribution is 2.18. The average molecular weight is 252 g/mol. The lowest BCUT2D eigenvalue weighted by molar-refractivity contribution is -0.124. The molecule has 0 aliphatic heterocycles. The number of methoxy groups -OCH3 is 2. The van der Waals surface area contributed by atoms with Crippen molar-refractivity contribution in [2.45, 2.75) is 19.0 Å². The Hall–Kier alpha value is -1.59. The number of carbonyl (C=O) groups excluding carboxylic acids is 1. The molecular formula is C13H20N2O3. The van der Waals surface area contributed by atoms with Crippen LogP contribution < -0.4 is 15.8 Å². The third-order valence-electron chi connectivity index (χ3n) is 2.64. The normalized spacial score (nSPS) is 13.8. The van der Waals surface area contributed by atoms with Gasteiger partial charge in [-0.1, -0.05) is 12.1 Å². The van der Waals surface area contributed by atoms with Gasteiger partial charge in [0.1, 0.15) is 11.8 Å². The number of benzene rings is 1. The molecule has 0 heterocycles. The van der Waals surface area contributed by atoms with Crippen molar-refractivity contribution in [1.82, 2.24) is 5.32 Å². The minimum Gasteiger partial charge on any atom is -0.497 e. The molecule has 1 rings (SSSR count). The van der Waals surface area contributed by atoms with Gasteiger partial charge in [0.25, 0.3) is 0 Å². The lowest BCUT2D eigenvalue weighted by Crippen LogP contribution is -2.44. The van der Waals surface area contributed by atoms with E-state index in [1.807, 2.05) is 31.2 Å². The zero-order chi connectivity index (χ0) is 13.5. The van der Waals surface area contributed by atoms with Gasteiger partial charge >= 0.3 is 0 Å². The SMILES string of the molecule is COCC(N)C(=O)NC(C)c1cccc(OC)c1. The van der Waals surface area contributed by atoms with Gasteiger partial charge in [0, 0.05) is 7.11 Å². The summed E-state index contributed by atoms with van der Waals surface area (Å²) in [6.07, 6.45) is 0. The van der Waals surface area contributed by atoms with Crippen LogP contribution in [-0.2, 0) is 9.53 Å². The van der Waals surface area contributed by atoms with Crippen molar-refractivity contribution in [2.75, 3.05) is 20.8 Å². The quantitative estimate of drug-likeness (QED) is 0.787. The van der Waals surface area contributed by atoms with Crippen LogP contribution in [0.15, 0.2) is 24.3 Å². The van der Waals surface area contributed by atoms with Crippen LogP contribution in [0.3, 0.4) is 0 Å². The van der Waals surface area contributed by atoms with Gasteiger partial charge in [-0.25, -0.2) is 0 Å². The Labute approximate surface area is 107 Å². The summed E-state index contributed by atoms with van der Waals surface area (Å²) in [5, 5.41) is 2.83. The molecule has 100 valence electrons. The number of amides is 1. The summed E-state index contributed by atoms with van der Waals surface area (Å²) in [6, 6.07) is 6.77. The van der Waals surface area contributed by atoms with Crippen LogP contribution in [-0.4, -0.2) is 32.8 Å². The molecule has 0 saturated carbocycles. The molecular weight excluding hydrogens is 232 g/mol. The number of nitrogens with one attached hydrogen (secondary N) is 1. The van der Waals surface area contributed by atoms with Crippen LogP contribution >= 0.6 is 0 Å². The van der Waals surface area contributed by atoms with Gasteiger partial charge in [-0.05, 0) is 24.6 Å². The van der Waals surface area contributed by atoms with Crippen LogP contribution in [0.1, 0.15) is 18.5 Å². The van der Waals surface area contributed by atoms with Gasteiger partial charge in [0.05, 0.1) is 19.8 Å². The van der Waals surface area contributed by atoms with E-state index < -0.39 is 6.04 Å². The van der Waals surface area contributed by atoms with E-state index in [4.69, 9.17) is 15.2 Å². The van der Waals surface area contributed by atoms with Crippen molar-refractivity contribution in [3.05, 3.63) is 29.8 Å². The third kappa shape index (κ3) is 4.01. The van der Waals surface area contributed by atoms with E-state index in [2.05, 4.69) is 5.32 Å². The fourth-order valence-corrected chi connectivity index (χ4v) is 1.57. The number of ether oxygens (including phenoxy) is 2. The zero-order valence-corrected chi connectivity index (χ0v) is 11.0. The van der Waals surface area contributed by atoms with E-state index in [-0.39, 0.29) is 18.6 Å². The molecule has 1 aromatic rings. The van der Waals surface area contributed by atoms with Gasteiger partial charge in [-0.2, -0.15) is 0 Å². The average Bonchev–Trinajstić information content (AvgIpc) is 2.39. The second-order valence-electron chi connectivity index (χ2n) is 4.07. The molecule has 1 aromatic carbocycles. The summed E-state index contributed by atoms with van der Waals surface area (Å²) in [5.74, 6) is 0.530.